The molecule has 0 aromatic heterocycles. The molecule has 4 heteroatoms. The zero-order valence-electron chi connectivity index (χ0n) is 12.6. The molecule has 1 saturated carbocycles. The first-order valence-corrected chi connectivity index (χ1v) is 9.22. The van der Waals surface area contributed by atoms with Gasteiger partial charge >= 0.3 is 0 Å². The van der Waals surface area contributed by atoms with Gasteiger partial charge in [0.05, 0.1) is 10.1 Å². The second kappa shape index (κ2) is 5.86. The summed E-state index contributed by atoms with van der Waals surface area (Å²) in [5, 5.41) is -0.396. The van der Waals surface area contributed by atoms with Crippen molar-refractivity contribution in [3.05, 3.63) is 65.7 Å². The quantitative estimate of drug-likeness (QED) is 0.923. The van der Waals surface area contributed by atoms with Gasteiger partial charge < -0.3 is 5.73 Å². The minimum Gasteiger partial charge on any atom is -0.330 e. The van der Waals surface area contributed by atoms with Crippen LogP contribution in [0.1, 0.15) is 24.0 Å². The highest BCUT2D eigenvalue weighted by Crippen LogP contribution is 2.53. The number of rotatable bonds is 5. The maximum absolute atomic E-state index is 12.8. The summed E-state index contributed by atoms with van der Waals surface area (Å²) >= 11 is 0. The van der Waals surface area contributed by atoms with Crippen LogP contribution in [0, 0.1) is 5.92 Å². The topological polar surface area (TPSA) is 60.2 Å². The van der Waals surface area contributed by atoms with E-state index in [-0.39, 0.29) is 11.8 Å². The molecule has 22 heavy (non-hydrogen) atoms. The van der Waals surface area contributed by atoms with E-state index < -0.39 is 15.1 Å². The molecule has 0 radical (unpaired) electrons. The summed E-state index contributed by atoms with van der Waals surface area (Å²) in [5.74, 6) is 0.0267. The fraction of sp³-hybridized carbons (Fsp3) is 0.333. The Balaban J connectivity index is 1.91. The summed E-state index contributed by atoms with van der Waals surface area (Å²) in [5.41, 5.74) is 8.16. The summed E-state index contributed by atoms with van der Waals surface area (Å²) in [4.78, 5) is 0.395. The highest BCUT2D eigenvalue weighted by molar-refractivity contribution is 7.92. The van der Waals surface area contributed by atoms with Crippen LogP contribution in [0.5, 0.6) is 0 Å². The van der Waals surface area contributed by atoms with Crippen molar-refractivity contribution < 1.29 is 8.42 Å². The van der Waals surface area contributed by atoms with Crippen LogP contribution >= 0.6 is 0 Å². The van der Waals surface area contributed by atoms with Crippen LogP contribution in [-0.2, 0) is 16.3 Å². The normalized spacial score (nSPS) is 24.2. The van der Waals surface area contributed by atoms with Gasteiger partial charge in [-0.25, -0.2) is 8.42 Å². The van der Waals surface area contributed by atoms with Crippen molar-refractivity contribution in [3.63, 3.8) is 0 Å². The smallest absolute Gasteiger partial charge is 0.182 e. The lowest BCUT2D eigenvalue weighted by Gasteiger charge is -2.05. The first-order valence-electron chi connectivity index (χ1n) is 7.67. The molecular formula is C18H21NO2S. The Bertz CT molecular complexity index is 738. The Hall–Kier alpha value is -1.65. The molecule has 2 aromatic carbocycles. The first kappa shape index (κ1) is 15.3. The van der Waals surface area contributed by atoms with Gasteiger partial charge in [-0.15, -0.1) is 0 Å². The van der Waals surface area contributed by atoms with Crippen molar-refractivity contribution >= 4 is 9.84 Å². The lowest BCUT2D eigenvalue weighted by molar-refractivity contribution is 0.591. The van der Waals surface area contributed by atoms with E-state index in [1.165, 1.54) is 5.56 Å². The summed E-state index contributed by atoms with van der Waals surface area (Å²) < 4.78 is 25.6. The molecule has 0 amide bonds. The van der Waals surface area contributed by atoms with Gasteiger partial charge in [-0.05, 0) is 42.1 Å². The van der Waals surface area contributed by atoms with Crippen molar-refractivity contribution in [1.29, 1.82) is 0 Å². The Labute approximate surface area is 132 Å². The molecular weight excluding hydrogens is 294 g/mol. The van der Waals surface area contributed by atoms with Crippen LogP contribution in [0.25, 0.3) is 0 Å². The molecule has 2 N–H and O–H groups in total. The second-order valence-corrected chi connectivity index (χ2v) is 7.95. The van der Waals surface area contributed by atoms with Crippen molar-refractivity contribution in [2.24, 2.45) is 11.7 Å². The molecule has 0 saturated heterocycles. The number of benzene rings is 2. The van der Waals surface area contributed by atoms with Crippen LogP contribution in [-0.4, -0.2) is 20.2 Å². The molecule has 0 bridgehead atoms. The third-order valence-electron chi connectivity index (χ3n) is 4.57. The van der Waals surface area contributed by atoms with E-state index in [4.69, 9.17) is 5.73 Å². The molecule has 1 fully saturated rings. The molecule has 116 valence electrons. The van der Waals surface area contributed by atoms with Gasteiger partial charge in [0.1, 0.15) is 0 Å². The van der Waals surface area contributed by atoms with Crippen molar-refractivity contribution in [2.45, 2.75) is 29.4 Å². The second-order valence-electron chi connectivity index (χ2n) is 5.84. The van der Waals surface area contributed by atoms with Gasteiger partial charge in [0.15, 0.2) is 9.84 Å². The zero-order chi connectivity index (χ0) is 15.7. The molecule has 3 atom stereocenters. The molecule has 0 spiro atoms. The average Bonchev–Trinajstić information content (AvgIpc) is 3.31. The third-order valence-corrected chi connectivity index (χ3v) is 6.86. The average molecular weight is 315 g/mol. The Morgan fingerprint density at radius 2 is 1.64 bits per heavy atom. The standard InChI is InChI=1S/C18H21NO2S/c1-2-13-8-10-14(11-9-13)17-16(12-19)18(17)22(20,21)15-6-4-3-5-7-15/h3-11,16-18H,2,12,19H2,1H3/t16-,17+,18+/m0/s1. The highest BCUT2D eigenvalue weighted by Gasteiger charge is 2.57. The molecule has 0 unspecified atom stereocenters. The van der Waals surface area contributed by atoms with E-state index in [1.807, 2.05) is 18.2 Å². The van der Waals surface area contributed by atoms with Gasteiger partial charge in [0.2, 0.25) is 0 Å². The Morgan fingerprint density at radius 3 is 2.18 bits per heavy atom. The van der Waals surface area contributed by atoms with Crippen molar-refractivity contribution in [1.82, 2.24) is 0 Å². The first-order chi connectivity index (χ1) is 10.6. The number of sulfone groups is 1. The van der Waals surface area contributed by atoms with Crippen molar-refractivity contribution in [3.8, 4) is 0 Å². The number of hydrogen-bond acceptors (Lipinski definition) is 3. The molecule has 3 rings (SSSR count). The largest absolute Gasteiger partial charge is 0.330 e. The zero-order valence-corrected chi connectivity index (χ0v) is 13.5. The Morgan fingerprint density at radius 1 is 1.00 bits per heavy atom. The van der Waals surface area contributed by atoms with Crippen LogP contribution in [0.2, 0.25) is 0 Å². The van der Waals surface area contributed by atoms with Crippen LogP contribution in [0.15, 0.2) is 59.5 Å². The minimum atomic E-state index is -3.32. The molecule has 1 aliphatic carbocycles. The van der Waals surface area contributed by atoms with Gasteiger partial charge in [-0.3, -0.25) is 0 Å². The highest BCUT2D eigenvalue weighted by atomic mass is 32.2. The fourth-order valence-corrected chi connectivity index (χ4v) is 5.47. The molecule has 0 aliphatic heterocycles. The third kappa shape index (κ3) is 2.57. The van der Waals surface area contributed by atoms with E-state index in [0.29, 0.717) is 11.4 Å². The number of aryl methyl sites for hydroxylation is 1. The lowest BCUT2D eigenvalue weighted by Crippen LogP contribution is -2.13. The predicted molar refractivity (Wildman–Crippen MR) is 88.5 cm³/mol. The minimum absolute atomic E-state index is 0.0117. The lowest BCUT2D eigenvalue weighted by atomic mass is 10.1. The van der Waals surface area contributed by atoms with Crippen molar-refractivity contribution in [2.75, 3.05) is 6.54 Å². The molecule has 1 aliphatic rings. The van der Waals surface area contributed by atoms with E-state index in [2.05, 4.69) is 19.1 Å². The van der Waals surface area contributed by atoms with Crippen LogP contribution in [0.3, 0.4) is 0 Å². The number of hydrogen-bond donors (Lipinski definition) is 1. The van der Waals surface area contributed by atoms with E-state index in [0.717, 1.165) is 12.0 Å². The maximum Gasteiger partial charge on any atom is 0.182 e. The van der Waals surface area contributed by atoms with Gasteiger partial charge in [-0.2, -0.15) is 0 Å². The van der Waals surface area contributed by atoms with Crippen LogP contribution < -0.4 is 5.73 Å². The van der Waals surface area contributed by atoms with E-state index in [9.17, 15) is 8.42 Å². The van der Waals surface area contributed by atoms with Crippen LogP contribution in [0.4, 0.5) is 0 Å². The SMILES string of the molecule is CCc1ccc([C@@H]2[C@H](CN)[C@H]2S(=O)(=O)c2ccccc2)cc1. The summed E-state index contributed by atoms with van der Waals surface area (Å²) in [6.45, 7) is 2.51. The Kier molecular flexibility index (Phi) is 4.06. The fourth-order valence-electron chi connectivity index (χ4n) is 3.23. The monoisotopic (exact) mass is 315 g/mol. The summed E-state index contributed by atoms with van der Waals surface area (Å²) in [7, 11) is -3.32. The van der Waals surface area contributed by atoms with E-state index in [1.54, 1.807) is 24.3 Å². The van der Waals surface area contributed by atoms with Gasteiger partial charge in [0, 0.05) is 5.92 Å². The maximum atomic E-state index is 12.8. The summed E-state index contributed by atoms with van der Waals surface area (Å²) in [6.07, 6.45) is 0.983. The van der Waals surface area contributed by atoms with E-state index >= 15 is 0 Å². The van der Waals surface area contributed by atoms with Gasteiger partial charge in [-0.1, -0.05) is 49.4 Å². The molecule has 2 aromatic rings. The molecule has 3 nitrogen and oxygen atoms in total. The number of nitrogens with two attached hydrogens (primary N) is 1. The predicted octanol–water partition coefficient (Wildman–Crippen LogP) is 2.76. The van der Waals surface area contributed by atoms with Gasteiger partial charge in [0.25, 0.3) is 0 Å². The molecule has 0 heterocycles. The summed E-state index contributed by atoms with van der Waals surface area (Å²) in [6, 6.07) is 16.9.